The van der Waals surface area contributed by atoms with Crippen molar-refractivity contribution in [3.8, 4) is 0 Å². The standard InChI is InChI=1S/C17H24F2O/c1-17(2,3)13-6-4-11(5-7-13)16(20)12-8-14(18)10-15(19)9-12/h8-11,13,16,20H,4-7H2,1-3H3. The van der Waals surface area contributed by atoms with E-state index in [4.69, 9.17) is 0 Å². The Morgan fingerprint density at radius 1 is 1.00 bits per heavy atom. The first kappa shape index (κ1) is 15.4. The van der Waals surface area contributed by atoms with Crippen LogP contribution < -0.4 is 0 Å². The van der Waals surface area contributed by atoms with Crippen LogP contribution in [0, 0.1) is 28.9 Å². The zero-order chi connectivity index (χ0) is 14.9. The van der Waals surface area contributed by atoms with Crippen LogP contribution in [-0.2, 0) is 0 Å². The van der Waals surface area contributed by atoms with Crippen molar-refractivity contribution in [3.63, 3.8) is 0 Å². The van der Waals surface area contributed by atoms with Crippen LogP contribution in [0.25, 0.3) is 0 Å². The molecule has 0 aromatic heterocycles. The van der Waals surface area contributed by atoms with Crippen LogP contribution in [0.2, 0.25) is 0 Å². The molecule has 0 heterocycles. The molecule has 0 aliphatic heterocycles. The van der Waals surface area contributed by atoms with E-state index in [9.17, 15) is 13.9 Å². The van der Waals surface area contributed by atoms with Crippen molar-refractivity contribution >= 4 is 0 Å². The molecular weight excluding hydrogens is 258 g/mol. The number of halogens is 2. The lowest BCUT2D eigenvalue weighted by molar-refractivity contribution is 0.0524. The summed E-state index contributed by atoms with van der Waals surface area (Å²) in [5, 5.41) is 10.3. The molecule has 0 saturated heterocycles. The smallest absolute Gasteiger partial charge is 0.126 e. The van der Waals surface area contributed by atoms with Gasteiger partial charge in [0.1, 0.15) is 11.6 Å². The summed E-state index contributed by atoms with van der Waals surface area (Å²) in [6.45, 7) is 6.74. The van der Waals surface area contributed by atoms with Crippen molar-refractivity contribution in [1.29, 1.82) is 0 Å². The number of hydrogen-bond acceptors (Lipinski definition) is 1. The first-order valence-corrected chi connectivity index (χ1v) is 7.41. The molecule has 20 heavy (non-hydrogen) atoms. The van der Waals surface area contributed by atoms with Crippen LogP contribution in [0.5, 0.6) is 0 Å². The molecule has 1 unspecified atom stereocenters. The molecule has 0 amide bonds. The van der Waals surface area contributed by atoms with E-state index in [1.54, 1.807) is 0 Å². The molecule has 3 heteroatoms. The van der Waals surface area contributed by atoms with Gasteiger partial charge in [0.25, 0.3) is 0 Å². The fraction of sp³-hybridized carbons (Fsp3) is 0.647. The van der Waals surface area contributed by atoms with Crippen molar-refractivity contribution in [2.45, 2.75) is 52.6 Å². The average molecular weight is 282 g/mol. The van der Waals surface area contributed by atoms with Gasteiger partial charge in [-0.05, 0) is 60.6 Å². The molecule has 2 rings (SSSR count). The van der Waals surface area contributed by atoms with Crippen molar-refractivity contribution in [1.82, 2.24) is 0 Å². The number of rotatable bonds is 2. The van der Waals surface area contributed by atoms with Gasteiger partial charge in [-0.15, -0.1) is 0 Å². The van der Waals surface area contributed by atoms with Crippen LogP contribution in [-0.4, -0.2) is 5.11 Å². The summed E-state index contributed by atoms with van der Waals surface area (Å²) in [5.41, 5.74) is 0.655. The zero-order valence-corrected chi connectivity index (χ0v) is 12.5. The molecule has 1 aliphatic carbocycles. The SMILES string of the molecule is CC(C)(C)C1CCC(C(O)c2cc(F)cc(F)c2)CC1. The monoisotopic (exact) mass is 282 g/mol. The van der Waals surface area contributed by atoms with Crippen LogP contribution in [0.1, 0.15) is 58.1 Å². The fourth-order valence-electron chi connectivity index (χ4n) is 3.32. The van der Waals surface area contributed by atoms with Gasteiger partial charge in [-0.25, -0.2) is 8.78 Å². The lowest BCUT2D eigenvalue weighted by Gasteiger charge is -2.38. The van der Waals surface area contributed by atoms with Crippen molar-refractivity contribution in [2.75, 3.05) is 0 Å². The minimum absolute atomic E-state index is 0.106. The van der Waals surface area contributed by atoms with Gasteiger partial charge in [0.05, 0.1) is 6.10 Å². The molecule has 1 nitrogen and oxygen atoms in total. The summed E-state index contributed by atoms with van der Waals surface area (Å²) < 4.78 is 26.4. The van der Waals surface area contributed by atoms with Crippen molar-refractivity contribution in [3.05, 3.63) is 35.4 Å². The number of benzene rings is 1. The Morgan fingerprint density at radius 3 is 1.95 bits per heavy atom. The van der Waals surface area contributed by atoms with E-state index in [0.717, 1.165) is 31.7 Å². The predicted octanol–water partition coefficient (Wildman–Crippen LogP) is 4.85. The van der Waals surface area contributed by atoms with Crippen LogP contribution in [0.15, 0.2) is 18.2 Å². The molecule has 0 radical (unpaired) electrons. The lowest BCUT2D eigenvalue weighted by Crippen LogP contribution is -2.28. The van der Waals surface area contributed by atoms with E-state index in [1.807, 2.05) is 0 Å². The van der Waals surface area contributed by atoms with E-state index < -0.39 is 17.7 Å². The highest BCUT2D eigenvalue weighted by Gasteiger charge is 2.32. The number of hydrogen-bond donors (Lipinski definition) is 1. The summed E-state index contributed by atoms with van der Waals surface area (Å²) in [4.78, 5) is 0. The lowest BCUT2D eigenvalue weighted by atomic mass is 9.68. The summed E-state index contributed by atoms with van der Waals surface area (Å²) in [6.07, 6.45) is 3.22. The van der Waals surface area contributed by atoms with Gasteiger partial charge in [-0.3, -0.25) is 0 Å². The van der Waals surface area contributed by atoms with Gasteiger partial charge in [0.15, 0.2) is 0 Å². The zero-order valence-electron chi connectivity index (χ0n) is 12.5. The maximum atomic E-state index is 13.2. The fourth-order valence-corrected chi connectivity index (χ4v) is 3.32. The minimum atomic E-state index is -0.763. The topological polar surface area (TPSA) is 20.2 Å². The molecule has 0 bridgehead atoms. The van der Waals surface area contributed by atoms with Gasteiger partial charge in [-0.2, -0.15) is 0 Å². The van der Waals surface area contributed by atoms with E-state index in [1.165, 1.54) is 12.1 Å². The van der Waals surface area contributed by atoms with E-state index >= 15 is 0 Å². The molecule has 1 aromatic carbocycles. The Kier molecular flexibility index (Phi) is 4.48. The van der Waals surface area contributed by atoms with E-state index in [0.29, 0.717) is 16.9 Å². The van der Waals surface area contributed by atoms with Gasteiger partial charge in [0.2, 0.25) is 0 Å². The van der Waals surface area contributed by atoms with Crippen molar-refractivity contribution in [2.24, 2.45) is 17.3 Å². The molecule has 0 spiro atoms. The van der Waals surface area contributed by atoms with Crippen LogP contribution in [0.4, 0.5) is 8.78 Å². The second kappa shape index (κ2) is 5.80. The summed E-state index contributed by atoms with van der Waals surface area (Å²) in [6, 6.07) is 3.32. The molecule has 1 N–H and O–H groups in total. The molecule has 1 aliphatic rings. The van der Waals surface area contributed by atoms with Crippen LogP contribution >= 0.6 is 0 Å². The Balaban J connectivity index is 2.03. The Bertz CT molecular complexity index is 436. The number of aliphatic hydroxyl groups is 1. The maximum absolute atomic E-state index is 13.2. The Morgan fingerprint density at radius 2 is 1.50 bits per heavy atom. The molecule has 1 saturated carbocycles. The van der Waals surface area contributed by atoms with Gasteiger partial charge in [0, 0.05) is 6.07 Å². The molecular formula is C17H24F2O. The van der Waals surface area contributed by atoms with Crippen molar-refractivity contribution < 1.29 is 13.9 Å². The summed E-state index contributed by atoms with van der Waals surface area (Å²) >= 11 is 0. The molecule has 112 valence electrons. The predicted molar refractivity (Wildman–Crippen MR) is 76.2 cm³/mol. The number of aliphatic hydroxyl groups excluding tert-OH is 1. The Hall–Kier alpha value is -0.960. The third-order valence-corrected chi connectivity index (χ3v) is 4.67. The first-order chi connectivity index (χ1) is 9.27. The van der Waals surface area contributed by atoms with Gasteiger partial charge < -0.3 is 5.11 Å². The minimum Gasteiger partial charge on any atom is -0.388 e. The highest BCUT2D eigenvalue weighted by molar-refractivity contribution is 5.21. The second-order valence-electron chi connectivity index (χ2n) is 7.13. The van der Waals surface area contributed by atoms with E-state index in [2.05, 4.69) is 20.8 Å². The highest BCUT2D eigenvalue weighted by Crippen LogP contribution is 2.43. The largest absolute Gasteiger partial charge is 0.388 e. The van der Waals surface area contributed by atoms with Gasteiger partial charge in [-0.1, -0.05) is 20.8 Å². The Labute approximate surface area is 120 Å². The third kappa shape index (κ3) is 3.57. The van der Waals surface area contributed by atoms with Crippen LogP contribution in [0.3, 0.4) is 0 Å². The molecule has 1 fully saturated rings. The first-order valence-electron chi connectivity index (χ1n) is 7.41. The molecule has 1 atom stereocenters. The average Bonchev–Trinajstić information content (AvgIpc) is 2.36. The van der Waals surface area contributed by atoms with Gasteiger partial charge >= 0.3 is 0 Å². The normalized spacial score (nSPS) is 25.5. The third-order valence-electron chi connectivity index (χ3n) is 4.67. The summed E-state index contributed by atoms with van der Waals surface area (Å²) in [7, 11) is 0. The molecule has 1 aromatic rings. The highest BCUT2D eigenvalue weighted by atomic mass is 19.1. The maximum Gasteiger partial charge on any atom is 0.126 e. The summed E-state index contributed by atoms with van der Waals surface area (Å²) in [5.74, 6) is -0.477. The quantitative estimate of drug-likeness (QED) is 0.822. The van der Waals surface area contributed by atoms with E-state index in [-0.39, 0.29) is 5.92 Å². The second-order valence-corrected chi connectivity index (χ2v) is 7.13.